The lowest BCUT2D eigenvalue weighted by Crippen LogP contribution is -2.03. The fourth-order valence-electron chi connectivity index (χ4n) is 3.37. The second kappa shape index (κ2) is 5.15. The monoisotopic (exact) mass is 326 g/mol. The molecule has 0 radical (unpaired) electrons. The molecule has 25 heavy (non-hydrogen) atoms. The maximum absolute atomic E-state index is 6.06. The lowest BCUT2D eigenvalue weighted by molar-refractivity contribution is 0.482. The third-order valence-electron chi connectivity index (χ3n) is 4.94. The molecule has 4 aromatic rings. The van der Waals surface area contributed by atoms with Crippen LogP contribution in [-0.2, 0) is 0 Å². The summed E-state index contributed by atoms with van der Waals surface area (Å²) in [5, 5.41) is 4.65. The molecular formula is C22H18N2O. The summed E-state index contributed by atoms with van der Waals surface area (Å²) in [7, 11) is 0. The maximum atomic E-state index is 6.06. The topological polar surface area (TPSA) is 26.2 Å². The molecule has 0 spiro atoms. The Morgan fingerprint density at radius 1 is 0.800 bits per heavy atom. The summed E-state index contributed by atoms with van der Waals surface area (Å²) in [6.07, 6.45) is 2.12. The Balaban J connectivity index is 1.66. The number of aryl methyl sites for hydroxylation is 2. The van der Waals surface area contributed by atoms with Gasteiger partial charge in [0.2, 0.25) is 0 Å². The molecule has 0 bridgehead atoms. The Bertz CT molecular complexity index is 1120. The van der Waals surface area contributed by atoms with Crippen LogP contribution in [0.15, 0.2) is 66.9 Å². The van der Waals surface area contributed by atoms with Crippen molar-refractivity contribution in [1.29, 1.82) is 0 Å². The smallest absolute Gasteiger partial charge is 0.151 e. The van der Waals surface area contributed by atoms with E-state index in [0.717, 1.165) is 33.8 Å². The first kappa shape index (κ1) is 14.2. The van der Waals surface area contributed by atoms with Gasteiger partial charge in [0.1, 0.15) is 0 Å². The van der Waals surface area contributed by atoms with Crippen LogP contribution in [0.5, 0.6) is 11.5 Å². The molecule has 5 rings (SSSR count). The molecule has 0 saturated heterocycles. The highest BCUT2D eigenvalue weighted by atomic mass is 16.5. The van der Waals surface area contributed by atoms with Crippen molar-refractivity contribution in [3.63, 3.8) is 0 Å². The van der Waals surface area contributed by atoms with Crippen molar-refractivity contribution >= 4 is 22.3 Å². The fraction of sp³-hybridized carbons (Fsp3) is 0.0909. The van der Waals surface area contributed by atoms with Crippen molar-refractivity contribution in [2.24, 2.45) is 0 Å². The number of nitrogens with zero attached hydrogens (tertiary/aromatic N) is 1. The number of benzene rings is 3. The van der Waals surface area contributed by atoms with E-state index in [1.165, 1.54) is 16.8 Å². The van der Waals surface area contributed by atoms with Crippen molar-refractivity contribution in [2.75, 3.05) is 5.32 Å². The van der Waals surface area contributed by atoms with Crippen LogP contribution in [0.25, 0.3) is 16.6 Å². The van der Waals surface area contributed by atoms with Gasteiger partial charge in [-0.05, 0) is 67.4 Å². The van der Waals surface area contributed by atoms with Gasteiger partial charge in [-0.1, -0.05) is 18.2 Å². The van der Waals surface area contributed by atoms with Gasteiger partial charge in [0.15, 0.2) is 11.5 Å². The van der Waals surface area contributed by atoms with E-state index in [1.54, 1.807) is 0 Å². The van der Waals surface area contributed by atoms with Crippen LogP contribution >= 0.6 is 0 Å². The third kappa shape index (κ3) is 2.20. The molecule has 0 amide bonds. The first-order chi connectivity index (χ1) is 12.2. The minimum atomic E-state index is 0.864. The van der Waals surface area contributed by atoms with Crippen molar-refractivity contribution < 1.29 is 4.74 Å². The predicted molar refractivity (Wildman–Crippen MR) is 103 cm³/mol. The molecule has 122 valence electrons. The lowest BCUT2D eigenvalue weighted by atomic mass is 10.1. The zero-order valence-corrected chi connectivity index (χ0v) is 14.2. The van der Waals surface area contributed by atoms with Crippen LogP contribution in [0.4, 0.5) is 11.4 Å². The minimum Gasteiger partial charge on any atom is -0.453 e. The number of anilines is 2. The van der Waals surface area contributed by atoms with Crippen molar-refractivity contribution in [1.82, 2.24) is 4.57 Å². The van der Waals surface area contributed by atoms with Gasteiger partial charge < -0.3 is 14.6 Å². The first-order valence-electron chi connectivity index (χ1n) is 8.46. The molecule has 0 unspecified atom stereocenters. The molecule has 0 aliphatic carbocycles. The largest absolute Gasteiger partial charge is 0.453 e. The summed E-state index contributed by atoms with van der Waals surface area (Å²) in [6, 6.07) is 21.0. The number of nitrogens with one attached hydrogen (secondary N) is 1. The maximum Gasteiger partial charge on any atom is 0.151 e. The highest BCUT2D eigenvalue weighted by Gasteiger charge is 2.18. The molecule has 0 atom stereocenters. The van der Waals surface area contributed by atoms with Gasteiger partial charge in [0.05, 0.1) is 16.9 Å². The van der Waals surface area contributed by atoms with E-state index in [-0.39, 0.29) is 0 Å². The molecule has 3 heteroatoms. The number of rotatable bonds is 1. The molecule has 3 nitrogen and oxygen atoms in total. The third-order valence-corrected chi connectivity index (χ3v) is 4.94. The molecule has 0 fully saturated rings. The Hall–Kier alpha value is -3.20. The van der Waals surface area contributed by atoms with E-state index in [4.69, 9.17) is 4.74 Å². The molecule has 1 aliphatic heterocycles. The summed E-state index contributed by atoms with van der Waals surface area (Å²) >= 11 is 0. The van der Waals surface area contributed by atoms with E-state index >= 15 is 0 Å². The Kier molecular flexibility index (Phi) is 2.92. The van der Waals surface area contributed by atoms with Crippen molar-refractivity contribution in [3.8, 4) is 17.2 Å². The number of fused-ring (bicyclic) bond motifs is 3. The van der Waals surface area contributed by atoms with Gasteiger partial charge in [-0.25, -0.2) is 0 Å². The van der Waals surface area contributed by atoms with E-state index in [9.17, 15) is 0 Å². The lowest BCUT2D eigenvalue weighted by Gasteiger charge is -2.22. The quantitative estimate of drug-likeness (QED) is 0.403. The number of hydrogen-bond acceptors (Lipinski definition) is 2. The van der Waals surface area contributed by atoms with Gasteiger partial charge in [-0.3, -0.25) is 0 Å². The Morgan fingerprint density at radius 3 is 2.56 bits per heavy atom. The van der Waals surface area contributed by atoms with Crippen LogP contribution < -0.4 is 10.1 Å². The molecular weight excluding hydrogens is 308 g/mol. The second-order valence-corrected chi connectivity index (χ2v) is 6.58. The summed E-state index contributed by atoms with van der Waals surface area (Å²) in [4.78, 5) is 0. The highest BCUT2D eigenvalue weighted by Crippen LogP contribution is 2.43. The standard InChI is InChI=1S/C22H18N2O/c1-14-7-8-17(11-15(14)2)24-10-9-16-12-22-19(13-20(16)24)23-18-5-3-4-6-21(18)25-22/h3-13,23H,1-2H3. The average Bonchev–Trinajstić information content (AvgIpc) is 3.03. The van der Waals surface area contributed by atoms with E-state index in [0.29, 0.717) is 0 Å². The van der Waals surface area contributed by atoms with E-state index in [1.807, 2.05) is 24.3 Å². The summed E-state index contributed by atoms with van der Waals surface area (Å²) in [6.45, 7) is 4.29. The SMILES string of the molecule is Cc1ccc(-n2ccc3cc4c(cc32)Nc2ccccc2O4)cc1C. The van der Waals surface area contributed by atoms with Crippen molar-refractivity contribution in [2.45, 2.75) is 13.8 Å². The van der Waals surface area contributed by atoms with Crippen LogP contribution in [0, 0.1) is 13.8 Å². The Labute approximate surface area is 146 Å². The molecule has 1 aromatic heterocycles. The number of hydrogen-bond donors (Lipinski definition) is 1. The summed E-state index contributed by atoms with van der Waals surface area (Å²) in [5.74, 6) is 1.73. The van der Waals surface area contributed by atoms with E-state index in [2.05, 4.69) is 66.3 Å². The fourth-order valence-corrected chi connectivity index (χ4v) is 3.37. The average molecular weight is 326 g/mol. The zero-order chi connectivity index (χ0) is 17.0. The van der Waals surface area contributed by atoms with Gasteiger partial charge in [-0.15, -0.1) is 0 Å². The normalized spacial score (nSPS) is 12.2. The number of para-hydroxylation sites is 2. The predicted octanol–water partition coefficient (Wildman–Crippen LogP) is 6.10. The summed E-state index contributed by atoms with van der Waals surface area (Å²) < 4.78 is 8.29. The van der Waals surface area contributed by atoms with Crippen LogP contribution in [0.3, 0.4) is 0 Å². The molecule has 3 aromatic carbocycles. The summed E-state index contributed by atoms with van der Waals surface area (Å²) in [5.41, 5.74) is 6.94. The van der Waals surface area contributed by atoms with Gasteiger partial charge >= 0.3 is 0 Å². The minimum absolute atomic E-state index is 0.864. The Morgan fingerprint density at radius 2 is 1.68 bits per heavy atom. The molecule has 2 heterocycles. The first-order valence-corrected chi connectivity index (χ1v) is 8.46. The van der Waals surface area contributed by atoms with Crippen molar-refractivity contribution in [3.05, 3.63) is 78.0 Å². The van der Waals surface area contributed by atoms with Gasteiger partial charge in [-0.2, -0.15) is 0 Å². The second-order valence-electron chi connectivity index (χ2n) is 6.58. The molecule has 0 saturated carbocycles. The van der Waals surface area contributed by atoms with Crippen LogP contribution in [0.2, 0.25) is 0 Å². The van der Waals surface area contributed by atoms with E-state index < -0.39 is 0 Å². The molecule has 1 aliphatic rings. The van der Waals surface area contributed by atoms with Gasteiger partial charge in [0, 0.05) is 17.3 Å². The van der Waals surface area contributed by atoms with Crippen LogP contribution in [-0.4, -0.2) is 4.57 Å². The highest BCUT2D eigenvalue weighted by molar-refractivity contribution is 5.91. The number of ether oxygens (including phenoxy) is 1. The zero-order valence-electron chi connectivity index (χ0n) is 14.2. The molecule has 1 N–H and O–H groups in total. The van der Waals surface area contributed by atoms with Crippen LogP contribution in [0.1, 0.15) is 11.1 Å². The van der Waals surface area contributed by atoms with Gasteiger partial charge in [0.25, 0.3) is 0 Å². The number of aromatic nitrogens is 1.